The topological polar surface area (TPSA) is 146 Å². The van der Waals surface area contributed by atoms with Gasteiger partial charge < -0.3 is 4.74 Å². The number of nitriles is 1. The number of ether oxygens (including phenoxy) is 1. The van der Waals surface area contributed by atoms with Crippen LogP contribution in [0.1, 0.15) is 24.8 Å². The van der Waals surface area contributed by atoms with Gasteiger partial charge in [-0.2, -0.15) is 13.9 Å². The Balaban J connectivity index is 1.59. The first-order chi connectivity index (χ1) is 17.6. The van der Waals surface area contributed by atoms with E-state index in [1.807, 2.05) is 24.3 Å². The molecule has 1 N–H and O–H groups in total. The van der Waals surface area contributed by atoms with Crippen LogP contribution in [0.25, 0.3) is 10.4 Å². The number of rotatable bonds is 8. The minimum absolute atomic E-state index is 0.0106. The first-order valence-electron chi connectivity index (χ1n) is 11.7. The van der Waals surface area contributed by atoms with Crippen molar-refractivity contribution in [2.45, 2.75) is 42.2 Å². The highest BCUT2D eigenvalue weighted by atomic mass is 32.2. The first kappa shape index (κ1) is 27.6. The van der Waals surface area contributed by atoms with Crippen molar-refractivity contribution < 1.29 is 31.2 Å². The van der Waals surface area contributed by atoms with E-state index in [4.69, 9.17) is 14.8 Å². The Labute approximate surface area is 220 Å². The molecule has 0 radical (unpaired) electrons. The van der Waals surface area contributed by atoms with E-state index >= 15 is 0 Å². The molecule has 2 atom stereocenters. The molecule has 14 heteroatoms. The van der Waals surface area contributed by atoms with Gasteiger partial charge in [0.15, 0.2) is 6.29 Å². The number of carbonyl (C=O) groups is 1. The SMILES string of the molecule is CS(=O)(=O)N1CCN(S(=O)(=O)c2ccc(-c3ccccc3CC#N)s2)[C@@H](C(=O)NOC2CCCCO2)C1. The summed E-state index contributed by atoms with van der Waals surface area (Å²) in [6, 6.07) is 11.2. The van der Waals surface area contributed by atoms with Crippen LogP contribution in [0.4, 0.5) is 0 Å². The van der Waals surface area contributed by atoms with Gasteiger partial charge in [-0.1, -0.05) is 24.3 Å². The van der Waals surface area contributed by atoms with Crippen LogP contribution in [0.3, 0.4) is 0 Å². The smallest absolute Gasteiger partial charge is 0.263 e. The van der Waals surface area contributed by atoms with Gasteiger partial charge in [0.2, 0.25) is 10.0 Å². The molecule has 3 heterocycles. The average Bonchev–Trinajstić information content (AvgIpc) is 3.39. The Kier molecular flexibility index (Phi) is 8.64. The molecule has 37 heavy (non-hydrogen) atoms. The van der Waals surface area contributed by atoms with Crippen molar-refractivity contribution in [3.05, 3.63) is 42.0 Å². The molecule has 1 aromatic carbocycles. The van der Waals surface area contributed by atoms with Crippen LogP contribution in [0.15, 0.2) is 40.6 Å². The van der Waals surface area contributed by atoms with E-state index in [2.05, 4.69) is 11.5 Å². The Morgan fingerprint density at radius 3 is 2.68 bits per heavy atom. The number of hydrogen-bond donors (Lipinski definition) is 1. The highest BCUT2D eigenvalue weighted by Gasteiger charge is 2.43. The van der Waals surface area contributed by atoms with Crippen LogP contribution in [0.5, 0.6) is 0 Å². The molecule has 0 spiro atoms. The summed E-state index contributed by atoms with van der Waals surface area (Å²) in [6.45, 7) is -0.143. The Morgan fingerprint density at radius 1 is 1.19 bits per heavy atom. The fraction of sp³-hybridized carbons (Fsp3) is 0.478. The predicted molar refractivity (Wildman–Crippen MR) is 136 cm³/mol. The number of hydrogen-bond acceptors (Lipinski definition) is 9. The molecule has 1 unspecified atom stereocenters. The number of nitrogens with zero attached hydrogens (tertiary/aromatic N) is 3. The number of carbonyl (C=O) groups excluding carboxylic acids is 1. The van der Waals surface area contributed by atoms with Crippen LogP contribution < -0.4 is 5.48 Å². The molecule has 2 aliphatic rings. The lowest BCUT2D eigenvalue weighted by molar-refractivity contribution is -0.202. The molecule has 0 saturated carbocycles. The summed E-state index contributed by atoms with van der Waals surface area (Å²) in [5.74, 6) is -0.776. The zero-order chi connectivity index (χ0) is 26.6. The summed E-state index contributed by atoms with van der Waals surface area (Å²) in [4.78, 5) is 19.1. The Hall–Kier alpha value is -2.38. The molecular formula is C23H28N4O7S3. The zero-order valence-corrected chi connectivity index (χ0v) is 22.6. The summed E-state index contributed by atoms with van der Waals surface area (Å²) in [5.41, 5.74) is 3.81. The van der Waals surface area contributed by atoms with E-state index in [0.717, 1.165) is 50.2 Å². The lowest BCUT2D eigenvalue weighted by atomic mass is 10.0. The fourth-order valence-corrected chi connectivity index (χ4v) is 8.15. The van der Waals surface area contributed by atoms with Crippen molar-refractivity contribution in [2.75, 3.05) is 32.5 Å². The zero-order valence-electron chi connectivity index (χ0n) is 20.2. The lowest BCUT2D eigenvalue weighted by Gasteiger charge is -2.38. The number of thiophene rings is 1. The highest BCUT2D eigenvalue weighted by molar-refractivity contribution is 7.91. The van der Waals surface area contributed by atoms with Gasteiger partial charge in [0.1, 0.15) is 10.3 Å². The van der Waals surface area contributed by atoms with Crippen LogP contribution in [0, 0.1) is 11.3 Å². The van der Waals surface area contributed by atoms with Crippen molar-refractivity contribution in [3.8, 4) is 16.5 Å². The molecule has 11 nitrogen and oxygen atoms in total. The second-order valence-corrected chi connectivity index (χ2v) is 13.9. The number of piperazine rings is 1. The van der Waals surface area contributed by atoms with Crippen molar-refractivity contribution in [1.29, 1.82) is 5.26 Å². The Bertz CT molecular complexity index is 1380. The van der Waals surface area contributed by atoms with Gasteiger partial charge in [-0.3, -0.25) is 4.79 Å². The molecular weight excluding hydrogens is 540 g/mol. The van der Waals surface area contributed by atoms with E-state index in [9.17, 15) is 21.6 Å². The van der Waals surface area contributed by atoms with Crippen LogP contribution in [-0.2, 0) is 40.8 Å². The summed E-state index contributed by atoms with van der Waals surface area (Å²) >= 11 is 1.03. The van der Waals surface area contributed by atoms with Gasteiger partial charge in [0.05, 0.1) is 18.7 Å². The maximum Gasteiger partial charge on any atom is 0.263 e. The van der Waals surface area contributed by atoms with Crippen molar-refractivity contribution in [2.24, 2.45) is 0 Å². The van der Waals surface area contributed by atoms with Crippen LogP contribution in [-0.4, -0.2) is 76.2 Å². The van der Waals surface area contributed by atoms with Crippen LogP contribution in [0.2, 0.25) is 0 Å². The van der Waals surface area contributed by atoms with Gasteiger partial charge in [-0.25, -0.2) is 27.2 Å². The van der Waals surface area contributed by atoms with Gasteiger partial charge >= 0.3 is 0 Å². The van der Waals surface area contributed by atoms with Crippen LogP contribution >= 0.6 is 11.3 Å². The largest absolute Gasteiger partial charge is 0.350 e. The summed E-state index contributed by atoms with van der Waals surface area (Å²) in [6.07, 6.45) is 2.87. The number of benzene rings is 1. The molecule has 0 bridgehead atoms. The monoisotopic (exact) mass is 568 g/mol. The molecule has 0 aliphatic carbocycles. The lowest BCUT2D eigenvalue weighted by Crippen LogP contribution is -2.61. The molecule has 1 amide bonds. The van der Waals surface area contributed by atoms with Gasteiger partial charge in [-0.05, 0) is 36.1 Å². The maximum atomic E-state index is 13.7. The first-order valence-corrected chi connectivity index (χ1v) is 15.8. The molecule has 2 fully saturated rings. The molecule has 1 aromatic heterocycles. The average molecular weight is 569 g/mol. The van der Waals surface area contributed by atoms with Crippen molar-refractivity contribution in [1.82, 2.24) is 14.1 Å². The van der Waals surface area contributed by atoms with Crippen molar-refractivity contribution in [3.63, 3.8) is 0 Å². The van der Waals surface area contributed by atoms with E-state index < -0.39 is 38.3 Å². The third-order valence-electron chi connectivity index (χ3n) is 6.19. The minimum Gasteiger partial charge on any atom is -0.350 e. The number of nitrogens with one attached hydrogen (secondary N) is 1. The van der Waals surface area contributed by atoms with E-state index in [1.54, 1.807) is 6.07 Å². The quantitative estimate of drug-likeness (QED) is 0.474. The fourth-order valence-electron chi connectivity index (χ4n) is 4.26. The second-order valence-electron chi connectivity index (χ2n) is 8.74. The second kappa shape index (κ2) is 11.6. The third-order valence-corrected chi connectivity index (χ3v) is 11.0. The standard InChI is InChI=1S/C23H28N4O7S3/c1-36(29,30)26-13-14-27(19(16-26)23(28)25-34-21-8-4-5-15-33-21)37(31,32)22-10-9-20(35-22)18-7-3-2-6-17(18)11-12-24/h2-3,6-7,9-10,19,21H,4-5,8,11,13-16H2,1H3,(H,25,28)/t19-,21?/m1/s1. The number of hydroxylamine groups is 1. The maximum absolute atomic E-state index is 13.7. The van der Waals surface area contributed by atoms with E-state index in [1.165, 1.54) is 6.07 Å². The molecule has 2 aliphatic heterocycles. The number of sulfonamides is 2. The summed E-state index contributed by atoms with van der Waals surface area (Å²) in [7, 11) is -7.82. The minimum atomic E-state index is -4.16. The highest BCUT2D eigenvalue weighted by Crippen LogP contribution is 2.35. The normalized spacial score (nSPS) is 21.8. The molecule has 4 rings (SSSR count). The molecule has 2 aromatic rings. The van der Waals surface area contributed by atoms with Gasteiger partial charge in [0.25, 0.3) is 15.9 Å². The van der Waals surface area contributed by atoms with Gasteiger partial charge in [-0.15, -0.1) is 11.3 Å². The number of amides is 1. The molecule has 2 saturated heterocycles. The molecule has 200 valence electrons. The van der Waals surface area contributed by atoms with Gasteiger partial charge in [0, 0.05) is 37.5 Å². The summed E-state index contributed by atoms with van der Waals surface area (Å²) in [5, 5.41) is 9.13. The van der Waals surface area contributed by atoms with E-state index in [0.29, 0.717) is 17.9 Å². The third kappa shape index (κ3) is 6.37. The van der Waals surface area contributed by atoms with Crippen molar-refractivity contribution >= 4 is 37.3 Å². The predicted octanol–water partition coefficient (Wildman–Crippen LogP) is 1.69. The summed E-state index contributed by atoms with van der Waals surface area (Å²) < 4.78 is 59.3. The Morgan fingerprint density at radius 2 is 1.97 bits per heavy atom. The van der Waals surface area contributed by atoms with E-state index in [-0.39, 0.29) is 30.3 Å².